The molecule has 4 aromatic rings. The molecule has 4 heteroatoms. The van der Waals surface area contributed by atoms with E-state index in [-0.39, 0.29) is 0 Å². The van der Waals surface area contributed by atoms with Gasteiger partial charge in [-0.3, -0.25) is 0 Å². The molecular weight excluding hydrogens is 270 g/mol. The fraction of sp³-hybridized carbons (Fsp3) is 0. The van der Waals surface area contributed by atoms with Crippen LogP contribution in [0.4, 0.5) is 0 Å². The van der Waals surface area contributed by atoms with Gasteiger partial charge in [0.25, 0.3) is 0 Å². The van der Waals surface area contributed by atoms with Crippen LogP contribution in [0.2, 0.25) is 5.15 Å². The number of nitrogens with zero attached hydrogens (tertiary/aromatic N) is 3. The summed E-state index contributed by atoms with van der Waals surface area (Å²) in [5.41, 5.74) is 2.72. The van der Waals surface area contributed by atoms with E-state index in [0.29, 0.717) is 5.15 Å². The molecule has 20 heavy (non-hydrogen) atoms. The topological polar surface area (TPSA) is 30.2 Å². The summed E-state index contributed by atoms with van der Waals surface area (Å²) in [5, 5.41) is 7.48. The lowest BCUT2D eigenvalue weighted by atomic mass is 10.0. The first-order chi connectivity index (χ1) is 9.83. The van der Waals surface area contributed by atoms with Crippen LogP contribution in [0.15, 0.2) is 60.8 Å². The number of halogens is 1. The first-order valence-electron chi connectivity index (χ1n) is 6.31. The van der Waals surface area contributed by atoms with Crippen LogP contribution in [0.25, 0.3) is 27.7 Å². The lowest BCUT2D eigenvalue weighted by molar-refractivity contribution is 0.944. The zero-order valence-corrected chi connectivity index (χ0v) is 11.2. The summed E-state index contributed by atoms with van der Waals surface area (Å²) in [6.45, 7) is 0. The van der Waals surface area contributed by atoms with Crippen LogP contribution in [0.3, 0.4) is 0 Å². The minimum atomic E-state index is 0.557. The van der Waals surface area contributed by atoms with Crippen molar-refractivity contribution in [2.24, 2.45) is 0 Å². The quantitative estimate of drug-likeness (QED) is 0.489. The van der Waals surface area contributed by atoms with Gasteiger partial charge in [0.1, 0.15) is 5.15 Å². The SMILES string of the molecule is Clc1ccnc2cc(-c3cccc4ccccc34)nn12. The molecular formula is C16H10ClN3. The van der Waals surface area contributed by atoms with Crippen molar-refractivity contribution < 1.29 is 0 Å². The fourth-order valence-corrected chi connectivity index (χ4v) is 2.63. The Labute approximate surface area is 120 Å². The van der Waals surface area contributed by atoms with Crippen LogP contribution >= 0.6 is 11.6 Å². The van der Waals surface area contributed by atoms with E-state index >= 15 is 0 Å². The molecule has 2 heterocycles. The van der Waals surface area contributed by atoms with Crippen LogP contribution in [0.5, 0.6) is 0 Å². The van der Waals surface area contributed by atoms with Crippen molar-refractivity contribution in [3.63, 3.8) is 0 Å². The van der Waals surface area contributed by atoms with Crippen molar-refractivity contribution in [2.75, 3.05) is 0 Å². The molecule has 4 rings (SSSR count). The van der Waals surface area contributed by atoms with Crippen LogP contribution in [0, 0.1) is 0 Å². The number of hydrogen-bond donors (Lipinski definition) is 0. The molecule has 0 saturated heterocycles. The molecule has 0 aliphatic heterocycles. The van der Waals surface area contributed by atoms with Crippen molar-refractivity contribution in [1.29, 1.82) is 0 Å². The molecule has 0 N–H and O–H groups in total. The van der Waals surface area contributed by atoms with Crippen molar-refractivity contribution in [3.05, 3.63) is 65.9 Å². The van der Waals surface area contributed by atoms with Gasteiger partial charge in [0.05, 0.1) is 5.69 Å². The Morgan fingerprint density at radius 2 is 1.80 bits per heavy atom. The second-order valence-corrected chi connectivity index (χ2v) is 4.98. The van der Waals surface area contributed by atoms with E-state index in [0.717, 1.165) is 16.9 Å². The average Bonchev–Trinajstić information content (AvgIpc) is 2.92. The molecule has 0 saturated carbocycles. The van der Waals surface area contributed by atoms with Gasteiger partial charge in [0.15, 0.2) is 5.65 Å². The number of aromatic nitrogens is 3. The zero-order valence-electron chi connectivity index (χ0n) is 10.5. The standard InChI is InChI=1S/C16H10ClN3/c17-15-8-9-18-16-10-14(19-20(15)16)13-7-3-5-11-4-1-2-6-12(11)13/h1-10H. The van der Waals surface area contributed by atoms with Gasteiger partial charge in [-0.15, -0.1) is 0 Å². The molecule has 0 radical (unpaired) electrons. The number of rotatable bonds is 1. The molecule has 0 spiro atoms. The highest BCUT2D eigenvalue weighted by molar-refractivity contribution is 6.29. The molecule has 0 aliphatic carbocycles. The number of hydrogen-bond acceptors (Lipinski definition) is 2. The number of fused-ring (bicyclic) bond motifs is 2. The Morgan fingerprint density at radius 1 is 0.950 bits per heavy atom. The second-order valence-electron chi connectivity index (χ2n) is 4.59. The van der Waals surface area contributed by atoms with Crippen molar-refractivity contribution in [2.45, 2.75) is 0 Å². The van der Waals surface area contributed by atoms with Gasteiger partial charge in [0.2, 0.25) is 0 Å². The molecule has 0 amide bonds. The maximum atomic E-state index is 6.14. The Balaban J connectivity index is 2.04. The van der Waals surface area contributed by atoms with Crippen molar-refractivity contribution >= 4 is 28.0 Å². The molecule has 0 aliphatic rings. The van der Waals surface area contributed by atoms with Crippen LogP contribution in [-0.4, -0.2) is 14.6 Å². The highest BCUT2D eigenvalue weighted by Crippen LogP contribution is 2.28. The first kappa shape index (κ1) is 11.4. The third kappa shape index (κ3) is 1.67. The summed E-state index contributed by atoms with van der Waals surface area (Å²) in [7, 11) is 0. The normalized spacial score (nSPS) is 11.2. The van der Waals surface area contributed by atoms with Crippen LogP contribution in [-0.2, 0) is 0 Å². The molecule has 96 valence electrons. The maximum Gasteiger partial charge on any atom is 0.157 e. The minimum Gasteiger partial charge on any atom is -0.237 e. The lowest BCUT2D eigenvalue weighted by Gasteiger charge is -2.02. The third-order valence-electron chi connectivity index (χ3n) is 3.38. The largest absolute Gasteiger partial charge is 0.237 e. The Hall–Kier alpha value is -2.39. The van der Waals surface area contributed by atoms with Crippen LogP contribution in [0.1, 0.15) is 0 Å². The Bertz CT molecular complexity index is 922. The summed E-state index contributed by atoms with van der Waals surface area (Å²) in [6.07, 6.45) is 1.69. The van der Waals surface area contributed by atoms with Gasteiger partial charge < -0.3 is 0 Å². The summed E-state index contributed by atoms with van der Waals surface area (Å²) < 4.78 is 1.65. The summed E-state index contributed by atoms with van der Waals surface area (Å²) >= 11 is 6.14. The van der Waals surface area contributed by atoms with Crippen molar-refractivity contribution in [3.8, 4) is 11.3 Å². The van der Waals surface area contributed by atoms with E-state index in [2.05, 4.69) is 34.3 Å². The smallest absolute Gasteiger partial charge is 0.157 e. The monoisotopic (exact) mass is 279 g/mol. The van der Waals surface area contributed by atoms with E-state index in [1.807, 2.05) is 24.3 Å². The highest BCUT2D eigenvalue weighted by atomic mass is 35.5. The van der Waals surface area contributed by atoms with Gasteiger partial charge in [-0.1, -0.05) is 54.1 Å². The van der Waals surface area contributed by atoms with E-state index < -0.39 is 0 Å². The van der Waals surface area contributed by atoms with Gasteiger partial charge in [-0.25, -0.2) is 9.50 Å². The first-order valence-corrected chi connectivity index (χ1v) is 6.69. The highest BCUT2D eigenvalue weighted by Gasteiger charge is 2.09. The van der Waals surface area contributed by atoms with E-state index in [4.69, 9.17) is 11.6 Å². The molecule has 2 aromatic carbocycles. The average molecular weight is 280 g/mol. The minimum absolute atomic E-state index is 0.557. The molecule has 2 aromatic heterocycles. The van der Waals surface area contributed by atoms with Gasteiger partial charge >= 0.3 is 0 Å². The van der Waals surface area contributed by atoms with Gasteiger partial charge in [-0.2, -0.15) is 5.10 Å². The molecule has 0 unspecified atom stereocenters. The Kier molecular flexibility index (Phi) is 2.47. The molecule has 3 nitrogen and oxygen atoms in total. The summed E-state index contributed by atoms with van der Waals surface area (Å²) in [5.74, 6) is 0. The fourth-order valence-electron chi connectivity index (χ4n) is 2.45. The van der Waals surface area contributed by atoms with Gasteiger partial charge in [-0.05, 0) is 16.8 Å². The van der Waals surface area contributed by atoms with E-state index in [1.54, 1.807) is 16.8 Å². The summed E-state index contributed by atoms with van der Waals surface area (Å²) in [6, 6.07) is 18.2. The zero-order chi connectivity index (χ0) is 13.5. The maximum absolute atomic E-state index is 6.14. The van der Waals surface area contributed by atoms with E-state index in [1.165, 1.54) is 10.8 Å². The predicted octanol–water partition coefficient (Wildman–Crippen LogP) is 4.20. The van der Waals surface area contributed by atoms with Crippen LogP contribution < -0.4 is 0 Å². The van der Waals surface area contributed by atoms with Crippen molar-refractivity contribution in [1.82, 2.24) is 14.6 Å². The third-order valence-corrected chi connectivity index (χ3v) is 3.66. The molecule has 0 bridgehead atoms. The Morgan fingerprint density at radius 3 is 2.70 bits per heavy atom. The number of benzene rings is 2. The second kappa shape index (κ2) is 4.32. The molecule has 0 atom stereocenters. The van der Waals surface area contributed by atoms with Gasteiger partial charge in [0, 0.05) is 17.8 Å². The lowest BCUT2D eigenvalue weighted by Crippen LogP contribution is -1.90. The molecule has 0 fully saturated rings. The predicted molar refractivity (Wildman–Crippen MR) is 80.9 cm³/mol. The van der Waals surface area contributed by atoms with E-state index in [9.17, 15) is 0 Å². The summed E-state index contributed by atoms with van der Waals surface area (Å²) in [4.78, 5) is 4.28.